The van der Waals surface area contributed by atoms with E-state index in [9.17, 15) is 4.79 Å². The van der Waals surface area contributed by atoms with E-state index in [1.165, 1.54) is 7.11 Å². The molecule has 0 amide bonds. The Morgan fingerprint density at radius 2 is 1.95 bits per heavy atom. The Bertz CT molecular complexity index is 569. The first-order valence-electron chi connectivity index (χ1n) is 5.59. The van der Waals surface area contributed by atoms with Gasteiger partial charge in [0.2, 0.25) is 0 Å². The van der Waals surface area contributed by atoms with Crippen molar-refractivity contribution in [3.63, 3.8) is 0 Å². The minimum atomic E-state index is -0.433. The molecule has 0 spiro atoms. The van der Waals surface area contributed by atoms with Crippen LogP contribution in [0.3, 0.4) is 0 Å². The van der Waals surface area contributed by atoms with Crippen LogP contribution in [0, 0.1) is 0 Å². The third-order valence-corrected chi connectivity index (χ3v) is 2.73. The largest absolute Gasteiger partial charge is 0.480 e. The summed E-state index contributed by atoms with van der Waals surface area (Å²) in [5.74, 6) is 0.0785. The second-order valence-electron chi connectivity index (χ2n) is 3.78. The summed E-state index contributed by atoms with van der Waals surface area (Å²) in [5.41, 5.74) is 1.86. The van der Waals surface area contributed by atoms with Gasteiger partial charge in [0.15, 0.2) is 6.61 Å². The molecule has 1 heterocycles. The van der Waals surface area contributed by atoms with Gasteiger partial charge in [0.25, 0.3) is 0 Å². The normalized spacial score (nSPS) is 10.0. The third-order valence-electron chi connectivity index (χ3n) is 2.48. The number of rotatable bonds is 4. The van der Waals surface area contributed by atoms with E-state index < -0.39 is 5.97 Å². The predicted molar refractivity (Wildman–Crippen MR) is 72.2 cm³/mol. The number of halogens is 1. The Morgan fingerprint density at radius 3 is 2.63 bits per heavy atom. The van der Waals surface area contributed by atoms with E-state index in [0.29, 0.717) is 10.8 Å². The minimum absolute atomic E-state index is 0.137. The maximum Gasteiger partial charge on any atom is 0.343 e. The first kappa shape index (κ1) is 13.4. The Labute approximate surface area is 115 Å². The fourth-order valence-corrected chi connectivity index (χ4v) is 1.63. The van der Waals surface area contributed by atoms with Crippen LogP contribution in [0.15, 0.2) is 42.7 Å². The van der Waals surface area contributed by atoms with Gasteiger partial charge in [-0.15, -0.1) is 0 Å². The predicted octanol–water partition coefficient (Wildman–Crippen LogP) is 2.95. The maximum atomic E-state index is 11.0. The zero-order chi connectivity index (χ0) is 13.7. The maximum absolute atomic E-state index is 11.0. The van der Waals surface area contributed by atoms with E-state index in [0.717, 1.165) is 11.1 Å². The molecule has 1 aromatic heterocycles. The van der Waals surface area contributed by atoms with Crippen molar-refractivity contribution in [3.8, 4) is 16.9 Å². The van der Waals surface area contributed by atoms with Crippen molar-refractivity contribution in [3.05, 3.63) is 47.7 Å². The summed E-state index contributed by atoms with van der Waals surface area (Å²) in [6, 6.07) is 9.20. The van der Waals surface area contributed by atoms with E-state index in [1.54, 1.807) is 30.6 Å². The van der Waals surface area contributed by atoms with Gasteiger partial charge in [0, 0.05) is 16.8 Å². The summed E-state index contributed by atoms with van der Waals surface area (Å²) in [5, 5.41) is 0.676. The van der Waals surface area contributed by atoms with Crippen molar-refractivity contribution in [2.45, 2.75) is 0 Å². The van der Waals surface area contributed by atoms with Crippen LogP contribution >= 0.6 is 11.6 Å². The number of esters is 1. The lowest BCUT2D eigenvalue weighted by Crippen LogP contribution is -2.12. The summed E-state index contributed by atoms with van der Waals surface area (Å²) in [6.07, 6.45) is 3.26. The van der Waals surface area contributed by atoms with Gasteiger partial charge in [-0.25, -0.2) is 4.79 Å². The number of carbonyl (C=O) groups excluding carboxylic acids is 1. The van der Waals surface area contributed by atoms with Gasteiger partial charge in [-0.1, -0.05) is 23.7 Å². The van der Waals surface area contributed by atoms with Crippen LogP contribution < -0.4 is 4.74 Å². The number of carbonyl (C=O) groups is 1. The zero-order valence-electron chi connectivity index (χ0n) is 10.3. The van der Waals surface area contributed by atoms with Gasteiger partial charge >= 0.3 is 5.97 Å². The van der Waals surface area contributed by atoms with Crippen LogP contribution in [0.5, 0.6) is 5.75 Å². The molecule has 19 heavy (non-hydrogen) atoms. The summed E-state index contributed by atoms with van der Waals surface area (Å²) >= 11 is 5.84. The van der Waals surface area contributed by atoms with Crippen LogP contribution in [0.4, 0.5) is 0 Å². The Kier molecular flexibility index (Phi) is 4.36. The number of benzene rings is 1. The highest BCUT2D eigenvalue weighted by Gasteiger charge is 2.04. The summed E-state index contributed by atoms with van der Waals surface area (Å²) in [4.78, 5) is 15.1. The molecule has 4 nitrogen and oxygen atoms in total. The number of nitrogens with zero attached hydrogens (tertiary/aromatic N) is 1. The van der Waals surface area contributed by atoms with E-state index in [1.807, 2.05) is 12.1 Å². The molecule has 0 aliphatic heterocycles. The van der Waals surface area contributed by atoms with E-state index in [-0.39, 0.29) is 6.61 Å². The van der Waals surface area contributed by atoms with E-state index >= 15 is 0 Å². The lowest BCUT2D eigenvalue weighted by atomic mass is 10.1. The highest BCUT2D eigenvalue weighted by atomic mass is 35.5. The van der Waals surface area contributed by atoms with E-state index in [4.69, 9.17) is 16.3 Å². The first-order chi connectivity index (χ1) is 9.19. The third kappa shape index (κ3) is 3.69. The molecule has 2 aromatic rings. The molecule has 98 valence electrons. The van der Waals surface area contributed by atoms with Crippen LogP contribution in [0.2, 0.25) is 5.02 Å². The van der Waals surface area contributed by atoms with Crippen LogP contribution in [0.1, 0.15) is 0 Å². The second-order valence-corrected chi connectivity index (χ2v) is 4.22. The summed E-state index contributed by atoms with van der Waals surface area (Å²) in [6.45, 7) is -0.137. The molecule has 2 rings (SSSR count). The van der Waals surface area contributed by atoms with Crippen molar-refractivity contribution >= 4 is 17.6 Å². The number of aromatic nitrogens is 1. The fraction of sp³-hybridized carbons (Fsp3) is 0.143. The lowest BCUT2D eigenvalue weighted by molar-refractivity contribution is -0.142. The number of hydrogen-bond donors (Lipinski definition) is 0. The summed E-state index contributed by atoms with van der Waals surface area (Å²) in [7, 11) is 1.31. The molecular weight excluding hydrogens is 266 g/mol. The number of ether oxygens (including phenoxy) is 2. The molecule has 0 fully saturated rings. The number of pyridine rings is 1. The zero-order valence-corrected chi connectivity index (χ0v) is 11.1. The second kappa shape index (κ2) is 6.20. The molecule has 0 saturated carbocycles. The Hall–Kier alpha value is -2.07. The van der Waals surface area contributed by atoms with E-state index in [2.05, 4.69) is 9.72 Å². The van der Waals surface area contributed by atoms with Crippen molar-refractivity contribution in [1.82, 2.24) is 4.98 Å². The van der Waals surface area contributed by atoms with Gasteiger partial charge in [0.1, 0.15) is 5.75 Å². The molecule has 0 aliphatic rings. The molecule has 0 unspecified atom stereocenters. The Balaban J connectivity index is 2.15. The topological polar surface area (TPSA) is 48.4 Å². The van der Waals surface area contributed by atoms with Crippen LogP contribution in [-0.2, 0) is 9.53 Å². The van der Waals surface area contributed by atoms with Crippen molar-refractivity contribution in [2.75, 3.05) is 13.7 Å². The number of hydrogen-bond acceptors (Lipinski definition) is 4. The molecule has 0 N–H and O–H groups in total. The SMILES string of the molecule is COC(=O)COc1cncc(-c2ccc(Cl)cc2)c1. The smallest absolute Gasteiger partial charge is 0.343 e. The highest BCUT2D eigenvalue weighted by molar-refractivity contribution is 6.30. The van der Waals surface area contributed by atoms with Crippen molar-refractivity contribution < 1.29 is 14.3 Å². The average Bonchev–Trinajstić information content (AvgIpc) is 2.46. The van der Waals surface area contributed by atoms with Gasteiger partial charge in [-0.05, 0) is 23.8 Å². The average molecular weight is 278 g/mol. The van der Waals surface area contributed by atoms with Crippen LogP contribution in [-0.4, -0.2) is 24.7 Å². The Morgan fingerprint density at radius 1 is 1.21 bits per heavy atom. The molecule has 1 aromatic carbocycles. The molecule has 0 bridgehead atoms. The van der Waals surface area contributed by atoms with Crippen molar-refractivity contribution in [2.24, 2.45) is 0 Å². The minimum Gasteiger partial charge on any atom is -0.480 e. The van der Waals surface area contributed by atoms with Gasteiger partial charge in [-0.2, -0.15) is 0 Å². The van der Waals surface area contributed by atoms with Gasteiger partial charge in [0.05, 0.1) is 13.3 Å². The molecule has 0 saturated heterocycles. The van der Waals surface area contributed by atoms with Crippen LogP contribution in [0.25, 0.3) is 11.1 Å². The highest BCUT2D eigenvalue weighted by Crippen LogP contribution is 2.24. The quantitative estimate of drug-likeness (QED) is 0.806. The molecule has 5 heteroatoms. The fourth-order valence-electron chi connectivity index (χ4n) is 1.50. The monoisotopic (exact) mass is 277 g/mol. The molecular formula is C14H12ClNO3. The molecule has 0 radical (unpaired) electrons. The lowest BCUT2D eigenvalue weighted by Gasteiger charge is -2.06. The standard InChI is InChI=1S/C14H12ClNO3/c1-18-14(17)9-19-13-6-11(7-16-8-13)10-2-4-12(15)5-3-10/h2-8H,9H2,1H3. The summed E-state index contributed by atoms with van der Waals surface area (Å²) < 4.78 is 9.78. The van der Waals surface area contributed by atoms with Gasteiger partial charge in [-0.3, -0.25) is 4.98 Å². The molecule has 0 aliphatic carbocycles. The van der Waals surface area contributed by atoms with Gasteiger partial charge < -0.3 is 9.47 Å². The van der Waals surface area contributed by atoms with Crippen molar-refractivity contribution in [1.29, 1.82) is 0 Å². The first-order valence-corrected chi connectivity index (χ1v) is 5.97. The molecule has 0 atom stereocenters. The number of methoxy groups -OCH3 is 1.